The Morgan fingerprint density at radius 1 is 0.906 bits per heavy atom. The number of benzene rings is 3. The lowest BCUT2D eigenvalue weighted by Crippen LogP contribution is -2.32. The molecule has 1 heterocycles. The van der Waals surface area contributed by atoms with E-state index in [0.29, 0.717) is 27.7 Å². The number of nitrogens with zero attached hydrogens (tertiary/aromatic N) is 1. The van der Waals surface area contributed by atoms with Crippen molar-refractivity contribution in [1.29, 1.82) is 0 Å². The molecule has 0 bridgehead atoms. The molecular weight excluding hydrogens is 431 g/mol. The number of imide groups is 1. The predicted molar refractivity (Wildman–Crippen MR) is 123 cm³/mol. The van der Waals surface area contributed by atoms with E-state index in [9.17, 15) is 14.0 Å². The van der Waals surface area contributed by atoms with Gasteiger partial charge in [-0.1, -0.05) is 29.8 Å². The van der Waals surface area contributed by atoms with Crippen LogP contribution in [0, 0.1) is 19.7 Å². The standard InChI is InChI=1S/C25H20ClFN2O3/c1-14-10-15(2)12-19(11-14)29-24(30)22(16-4-7-18(27)8-5-16)23(25(29)31)28-20-13-17(26)6-9-21(20)32-3/h4-13,28H,1-3H3. The lowest BCUT2D eigenvalue weighted by atomic mass is 10.0. The molecule has 0 atom stereocenters. The summed E-state index contributed by atoms with van der Waals surface area (Å²) in [6, 6.07) is 15.9. The molecular formula is C25H20ClFN2O3. The second kappa shape index (κ2) is 8.48. The molecule has 7 heteroatoms. The van der Waals surface area contributed by atoms with Crippen LogP contribution in [0.15, 0.2) is 66.4 Å². The molecule has 1 N–H and O–H groups in total. The molecule has 1 aliphatic rings. The average Bonchev–Trinajstić information content (AvgIpc) is 2.98. The number of hydrogen-bond acceptors (Lipinski definition) is 4. The van der Waals surface area contributed by atoms with Crippen molar-refractivity contribution in [3.8, 4) is 5.75 Å². The van der Waals surface area contributed by atoms with Crippen molar-refractivity contribution in [2.75, 3.05) is 17.3 Å². The van der Waals surface area contributed by atoms with E-state index in [2.05, 4.69) is 5.32 Å². The largest absolute Gasteiger partial charge is 0.495 e. The highest BCUT2D eigenvalue weighted by Gasteiger charge is 2.40. The number of hydrogen-bond donors (Lipinski definition) is 1. The molecule has 4 rings (SSSR count). The Kier molecular flexibility index (Phi) is 5.72. The van der Waals surface area contributed by atoms with Crippen LogP contribution in [0.5, 0.6) is 5.75 Å². The summed E-state index contributed by atoms with van der Waals surface area (Å²) >= 11 is 6.14. The second-order valence-corrected chi connectivity index (χ2v) is 7.95. The van der Waals surface area contributed by atoms with Crippen molar-refractivity contribution in [3.05, 3.63) is 93.9 Å². The van der Waals surface area contributed by atoms with E-state index in [1.54, 1.807) is 30.3 Å². The number of ether oxygens (including phenoxy) is 1. The van der Waals surface area contributed by atoms with Crippen molar-refractivity contribution >= 4 is 40.4 Å². The highest BCUT2D eigenvalue weighted by atomic mass is 35.5. The minimum atomic E-state index is -0.527. The summed E-state index contributed by atoms with van der Waals surface area (Å²) in [5, 5.41) is 3.47. The van der Waals surface area contributed by atoms with Crippen LogP contribution >= 0.6 is 11.6 Å². The van der Waals surface area contributed by atoms with Gasteiger partial charge >= 0.3 is 0 Å². The van der Waals surface area contributed by atoms with Gasteiger partial charge in [-0.05, 0) is 73.0 Å². The molecule has 0 fully saturated rings. The highest BCUT2D eigenvalue weighted by molar-refractivity contribution is 6.46. The fraction of sp³-hybridized carbons (Fsp3) is 0.120. The fourth-order valence-corrected chi connectivity index (χ4v) is 3.93. The number of rotatable bonds is 5. The molecule has 0 unspecified atom stereocenters. The first-order valence-electron chi connectivity index (χ1n) is 9.86. The number of aryl methyl sites for hydroxylation is 2. The Labute approximate surface area is 190 Å². The molecule has 1 aliphatic heterocycles. The Morgan fingerprint density at radius 2 is 1.56 bits per heavy atom. The van der Waals surface area contributed by atoms with Gasteiger partial charge < -0.3 is 10.1 Å². The van der Waals surface area contributed by atoms with Crippen LogP contribution in [0.2, 0.25) is 5.02 Å². The number of carbonyl (C=O) groups is 2. The highest BCUT2D eigenvalue weighted by Crippen LogP contribution is 2.37. The average molecular weight is 451 g/mol. The van der Waals surface area contributed by atoms with Crippen LogP contribution in [-0.4, -0.2) is 18.9 Å². The SMILES string of the molecule is COc1ccc(Cl)cc1NC1=C(c2ccc(F)cc2)C(=O)N(c2cc(C)cc(C)c2)C1=O. The maximum absolute atomic E-state index is 13.5. The zero-order chi connectivity index (χ0) is 23.0. The molecule has 0 saturated heterocycles. The van der Waals surface area contributed by atoms with Gasteiger partial charge in [-0.3, -0.25) is 9.59 Å². The minimum absolute atomic E-state index is 0.0568. The number of amides is 2. The summed E-state index contributed by atoms with van der Waals surface area (Å²) in [6.45, 7) is 3.79. The maximum Gasteiger partial charge on any atom is 0.282 e. The summed E-state index contributed by atoms with van der Waals surface area (Å²) < 4.78 is 18.9. The molecule has 3 aromatic rings. The quantitative estimate of drug-likeness (QED) is 0.521. The van der Waals surface area contributed by atoms with Gasteiger partial charge in [-0.25, -0.2) is 9.29 Å². The Balaban J connectivity index is 1.87. The monoisotopic (exact) mass is 450 g/mol. The van der Waals surface area contributed by atoms with Crippen LogP contribution in [0.1, 0.15) is 16.7 Å². The van der Waals surface area contributed by atoms with Crippen molar-refractivity contribution in [2.45, 2.75) is 13.8 Å². The van der Waals surface area contributed by atoms with E-state index in [1.165, 1.54) is 31.4 Å². The topological polar surface area (TPSA) is 58.6 Å². The normalized spacial score (nSPS) is 13.7. The Morgan fingerprint density at radius 3 is 2.19 bits per heavy atom. The van der Waals surface area contributed by atoms with Gasteiger partial charge in [0.1, 0.15) is 17.3 Å². The van der Waals surface area contributed by atoms with E-state index >= 15 is 0 Å². The molecule has 0 aromatic heterocycles. The van der Waals surface area contributed by atoms with Gasteiger partial charge in [-0.15, -0.1) is 0 Å². The third-order valence-corrected chi connectivity index (χ3v) is 5.34. The van der Waals surface area contributed by atoms with Crippen LogP contribution in [0.4, 0.5) is 15.8 Å². The Hall–Kier alpha value is -3.64. The number of nitrogens with one attached hydrogen (secondary N) is 1. The molecule has 0 saturated carbocycles. The number of halogens is 2. The zero-order valence-corrected chi connectivity index (χ0v) is 18.5. The smallest absolute Gasteiger partial charge is 0.282 e. The van der Waals surface area contributed by atoms with E-state index in [-0.39, 0.29) is 11.3 Å². The van der Waals surface area contributed by atoms with Crippen molar-refractivity contribution in [1.82, 2.24) is 0 Å². The van der Waals surface area contributed by atoms with Gasteiger partial charge in [-0.2, -0.15) is 0 Å². The first kappa shape index (κ1) is 21.6. The molecule has 0 spiro atoms. The van der Waals surface area contributed by atoms with E-state index in [4.69, 9.17) is 16.3 Å². The van der Waals surface area contributed by atoms with Crippen molar-refractivity contribution in [2.24, 2.45) is 0 Å². The maximum atomic E-state index is 13.5. The molecule has 2 amide bonds. The zero-order valence-electron chi connectivity index (χ0n) is 17.7. The summed E-state index contributed by atoms with van der Waals surface area (Å²) in [5.74, 6) is -1.02. The van der Waals surface area contributed by atoms with Gasteiger partial charge in [0.05, 0.1) is 24.1 Å². The second-order valence-electron chi connectivity index (χ2n) is 7.52. The molecule has 5 nitrogen and oxygen atoms in total. The molecule has 32 heavy (non-hydrogen) atoms. The minimum Gasteiger partial charge on any atom is -0.495 e. The lowest BCUT2D eigenvalue weighted by Gasteiger charge is -2.17. The van der Waals surface area contributed by atoms with Crippen molar-refractivity contribution < 1.29 is 18.7 Å². The van der Waals surface area contributed by atoms with E-state index in [1.807, 2.05) is 19.9 Å². The van der Waals surface area contributed by atoms with Crippen LogP contribution in [-0.2, 0) is 9.59 Å². The van der Waals surface area contributed by atoms with Gasteiger partial charge in [0.2, 0.25) is 0 Å². The first-order chi connectivity index (χ1) is 15.3. The summed E-state index contributed by atoms with van der Waals surface area (Å²) in [5.41, 5.74) is 3.34. The number of anilines is 2. The Bertz CT molecular complexity index is 1250. The number of carbonyl (C=O) groups excluding carboxylic acids is 2. The molecule has 162 valence electrons. The molecule has 3 aromatic carbocycles. The predicted octanol–water partition coefficient (Wildman–Crippen LogP) is 5.50. The fourth-order valence-electron chi connectivity index (χ4n) is 3.76. The number of methoxy groups -OCH3 is 1. The van der Waals surface area contributed by atoms with Gasteiger partial charge in [0.15, 0.2) is 0 Å². The van der Waals surface area contributed by atoms with E-state index in [0.717, 1.165) is 16.0 Å². The van der Waals surface area contributed by atoms with Crippen LogP contribution in [0.25, 0.3) is 5.57 Å². The van der Waals surface area contributed by atoms with Gasteiger partial charge in [0, 0.05) is 5.02 Å². The van der Waals surface area contributed by atoms with Crippen molar-refractivity contribution in [3.63, 3.8) is 0 Å². The third-order valence-electron chi connectivity index (χ3n) is 5.10. The summed E-state index contributed by atoms with van der Waals surface area (Å²) in [6.07, 6.45) is 0. The third kappa shape index (κ3) is 3.97. The van der Waals surface area contributed by atoms with E-state index < -0.39 is 17.6 Å². The van der Waals surface area contributed by atoms with Crippen LogP contribution < -0.4 is 15.0 Å². The first-order valence-corrected chi connectivity index (χ1v) is 10.2. The summed E-state index contributed by atoms with van der Waals surface area (Å²) in [7, 11) is 1.49. The lowest BCUT2D eigenvalue weighted by molar-refractivity contribution is -0.120. The van der Waals surface area contributed by atoms with Crippen LogP contribution in [0.3, 0.4) is 0 Å². The molecule has 0 radical (unpaired) electrons. The summed E-state index contributed by atoms with van der Waals surface area (Å²) in [4.78, 5) is 28.1. The molecule has 0 aliphatic carbocycles. The van der Waals surface area contributed by atoms with Gasteiger partial charge in [0.25, 0.3) is 11.8 Å².